The number of rotatable bonds is 0. The Bertz CT molecular complexity index is 71.7. The number of ether oxygens (including phenoxy) is 2. The monoisotopic (exact) mass is 116 g/mol. The molecule has 0 saturated carbocycles. The molecule has 0 radical (unpaired) electrons. The lowest BCUT2D eigenvalue weighted by atomic mass is 10.8. The third-order valence-electron chi connectivity index (χ3n) is 0.523. The molecule has 0 unspecified atom stereocenters. The van der Waals surface area contributed by atoms with Crippen LogP contribution in [0, 0.1) is 0 Å². The lowest BCUT2D eigenvalue weighted by molar-refractivity contribution is 0.131. The molecule has 0 atom stereocenters. The normalized spacial score (nSPS) is 15.2. The molecule has 0 aromatic carbocycles. The van der Waals surface area contributed by atoms with Crippen LogP contribution < -0.4 is 0 Å². The van der Waals surface area contributed by atoms with Gasteiger partial charge in [-0.15, -0.1) is 13.2 Å². The molecular weight excluding hydrogens is 108 g/mol. The highest BCUT2D eigenvalue weighted by Gasteiger charge is 2.09. The maximum absolute atomic E-state index is 9.80. The Morgan fingerprint density at radius 3 is 1.75 bits per heavy atom. The molecule has 8 heavy (non-hydrogen) atoms. The fraction of sp³-hybridized carbons (Fsp3) is 0.400. The lowest BCUT2D eigenvalue weighted by Gasteiger charge is -1.78. The third kappa shape index (κ3) is 2.23. The highest BCUT2D eigenvalue weighted by Crippen LogP contribution is 1.92. The van der Waals surface area contributed by atoms with Gasteiger partial charge in [0.25, 0.3) is 0 Å². The van der Waals surface area contributed by atoms with Gasteiger partial charge in [0, 0.05) is 0 Å². The Morgan fingerprint density at radius 1 is 1.25 bits per heavy atom. The van der Waals surface area contributed by atoms with Crippen LogP contribution in [0.4, 0.5) is 4.79 Å². The molecular formula is C5H8O3. The van der Waals surface area contributed by atoms with E-state index in [0.29, 0.717) is 13.2 Å². The van der Waals surface area contributed by atoms with Crippen molar-refractivity contribution in [2.75, 3.05) is 13.2 Å². The molecule has 1 aliphatic rings. The lowest BCUT2D eigenvalue weighted by Crippen LogP contribution is -1.88. The Hall–Kier alpha value is -0.990. The molecule has 1 rings (SSSR count). The fourth-order valence-electron chi connectivity index (χ4n) is 0.292. The number of carbonyl (C=O) groups excluding carboxylic acids is 1. The highest BCUT2D eigenvalue weighted by atomic mass is 16.8. The van der Waals surface area contributed by atoms with Gasteiger partial charge < -0.3 is 9.47 Å². The summed E-state index contributed by atoms with van der Waals surface area (Å²) < 4.78 is 8.58. The Balaban J connectivity index is 0.000000222. The van der Waals surface area contributed by atoms with Crippen molar-refractivity contribution in [2.45, 2.75) is 0 Å². The van der Waals surface area contributed by atoms with Crippen LogP contribution in [0.3, 0.4) is 0 Å². The minimum atomic E-state index is -0.546. The summed E-state index contributed by atoms with van der Waals surface area (Å²) in [4.78, 5) is 9.80. The van der Waals surface area contributed by atoms with Crippen LogP contribution in [0.1, 0.15) is 0 Å². The van der Waals surface area contributed by atoms with E-state index in [1.54, 1.807) is 0 Å². The zero-order chi connectivity index (χ0) is 6.41. The van der Waals surface area contributed by atoms with Crippen molar-refractivity contribution in [3.05, 3.63) is 13.2 Å². The van der Waals surface area contributed by atoms with Gasteiger partial charge in [0.2, 0.25) is 0 Å². The quantitative estimate of drug-likeness (QED) is 0.349. The van der Waals surface area contributed by atoms with Crippen LogP contribution in [-0.4, -0.2) is 19.4 Å². The minimum absolute atomic E-state index is 0.416. The summed E-state index contributed by atoms with van der Waals surface area (Å²) >= 11 is 0. The molecule has 0 amide bonds. The van der Waals surface area contributed by atoms with E-state index in [1.165, 1.54) is 0 Å². The van der Waals surface area contributed by atoms with E-state index in [9.17, 15) is 4.79 Å². The van der Waals surface area contributed by atoms with Gasteiger partial charge in [-0.25, -0.2) is 4.79 Å². The summed E-state index contributed by atoms with van der Waals surface area (Å²) in [5, 5.41) is 0. The molecule has 1 saturated heterocycles. The van der Waals surface area contributed by atoms with Crippen LogP contribution >= 0.6 is 0 Å². The molecule has 1 aliphatic heterocycles. The molecule has 0 aliphatic carbocycles. The van der Waals surface area contributed by atoms with Crippen molar-refractivity contribution < 1.29 is 14.3 Å². The molecule has 0 bridgehead atoms. The summed E-state index contributed by atoms with van der Waals surface area (Å²) in [6.07, 6.45) is -0.546. The summed E-state index contributed by atoms with van der Waals surface area (Å²) in [6, 6.07) is 0. The van der Waals surface area contributed by atoms with Crippen LogP contribution in [-0.2, 0) is 9.47 Å². The predicted molar refractivity (Wildman–Crippen MR) is 28.6 cm³/mol. The predicted octanol–water partition coefficient (Wildman–Crippen LogP) is 0.955. The van der Waals surface area contributed by atoms with Crippen molar-refractivity contribution in [1.82, 2.24) is 0 Å². The largest absolute Gasteiger partial charge is 0.508 e. The van der Waals surface area contributed by atoms with E-state index in [-0.39, 0.29) is 0 Å². The highest BCUT2D eigenvalue weighted by molar-refractivity contribution is 5.61. The molecule has 0 spiro atoms. The summed E-state index contributed by atoms with van der Waals surface area (Å²) in [5.41, 5.74) is 0. The van der Waals surface area contributed by atoms with Gasteiger partial charge in [-0.2, -0.15) is 0 Å². The van der Waals surface area contributed by atoms with E-state index in [2.05, 4.69) is 22.6 Å². The Labute approximate surface area is 47.9 Å². The molecule has 0 aromatic rings. The second-order valence-electron chi connectivity index (χ2n) is 0.947. The number of cyclic esters (lactones) is 2. The van der Waals surface area contributed by atoms with Gasteiger partial charge in [-0.05, 0) is 0 Å². The maximum atomic E-state index is 9.80. The first-order valence-corrected chi connectivity index (χ1v) is 2.19. The Kier molecular flexibility index (Phi) is 3.66. The SMILES string of the molecule is C=C.O=C1OCCO1. The van der Waals surface area contributed by atoms with E-state index in [0.717, 1.165) is 0 Å². The number of hydrogen-bond acceptors (Lipinski definition) is 3. The molecule has 3 heteroatoms. The van der Waals surface area contributed by atoms with Crippen LogP contribution in [0.15, 0.2) is 13.2 Å². The average molecular weight is 116 g/mol. The molecule has 46 valence electrons. The number of carbonyl (C=O) groups is 1. The fourth-order valence-corrected chi connectivity index (χ4v) is 0.292. The molecule has 3 nitrogen and oxygen atoms in total. The van der Waals surface area contributed by atoms with Gasteiger partial charge in [-0.1, -0.05) is 0 Å². The van der Waals surface area contributed by atoms with E-state index >= 15 is 0 Å². The second-order valence-corrected chi connectivity index (χ2v) is 0.947. The first-order valence-electron chi connectivity index (χ1n) is 2.19. The standard InChI is InChI=1S/C3H4O3.C2H4/c4-3-5-1-2-6-3;1-2/h1-2H2;1-2H2. The summed E-state index contributed by atoms with van der Waals surface area (Å²) in [5.74, 6) is 0. The van der Waals surface area contributed by atoms with E-state index < -0.39 is 6.16 Å². The van der Waals surface area contributed by atoms with Crippen molar-refractivity contribution in [1.29, 1.82) is 0 Å². The van der Waals surface area contributed by atoms with Gasteiger partial charge in [0.1, 0.15) is 13.2 Å². The molecule has 0 aromatic heterocycles. The van der Waals surface area contributed by atoms with Gasteiger partial charge >= 0.3 is 6.16 Å². The van der Waals surface area contributed by atoms with Crippen LogP contribution in [0.25, 0.3) is 0 Å². The van der Waals surface area contributed by atoms with Crippen molar-refractivity contribution in [2.24, 2.45) is 0 Å². The zero-order valence-corrected chi connectivity index (χ0v) is 4.55. The maximum Gasteiger partial charge on any atom is 0.508 e. The number of hydrogen-bond donors (Lipinski definition) is 0. The van der Waals surface area contributed by atoms with E-state index in [4.69, 9.17) is 0 Å². The van der Waals surface area contributed by atoms with Gasteiger partial charge in [0.05, 0.1) is 0 Å². The molecule has 0 N–H and O–H groups in total. The smallest absolute Gasteiger partial charge is 0.431 e. The summed E-state index contributed by atoms with van der Waals surface area (Å²) in [6.45, 7) is 6.83. The first-order chi connectivity index (χ1) is 3.89. The van der Waals surface area contributed by atoms with Crippen molar-refractivity contribution in [3.63, 3.8) is 0 Å². The summed E-state index contributed by atoms with van der Waals surface area (Å²) in [7, 11) is 0. The minimum Gasteiger partial charge on any atom is -0.431 e. The Morgan fingerprint density at radius 2 is 1.62 bits per heavy atom. The van der Waals surface area contributed by atoms with Crippen molar-refractivity contribution in [3.8, 4) is 0 Å². The van der Waals surface area contributed by atoms with Crippen molar-refractivity contribution >= 4 is 6.16 Å². The van der Waals surface area contributed by atoms with Gasteiger partial charge in [-0.3, -0.25) is 0 Å². The average Bonchev–Trinajstić information content (AvgIpc) is 2.24. The van der Waals surface area contributed by atoms with Gasteiger partial charge in [0.15, 0.2) is 0 Å². The van der Waals surface area contributed by atoms with E-state index in [1.807, 2.05) is 0 Å². The topological polar surface area (TPSA) is 35.5 Å². The third-order valence-corrected chi connectivity index (χ3v) is 0.523. The molecule has 1 heterocycles. The second kappa shape index (κ2) is 4.18. The first kappa shape index (κ1) is 7.01. The van der Waals surface area contributed by atoms with Crippen LogP contribution in [0.2, 0.25) is 0 Å². The zero-order valence-electron chi connectivity index (χ0n) is 4.55. The molecule has 1 fully saturated rings. The van der Waals surface area contributed by atoms with Crippen LogP contribution in [0.5, 0.6) is 0 Å².